The van der Waals surface area contributed by atoms with E-state index in [4.69, 9.17) is 9.47 Å². The molecule has 0 radical (unpaired) electrons. The van der Waals surface area contributed by atoms with Crippen LogP contribution in [-0.4, -0.2) is 27.0 Å². The van der Waals surface area contributed by atoms with Gasteiger partial charge in [0.2, 0.25) is 11.8 Å². The fourth-order valence-corrected chi connectivity index (χ4v) is 6.43. The molecular weight excluding hydrogens is 559 g/mol. The van der Waals surface area contributed by atoms with Crippen molar-refractivity contribution in [3.63, 3.8) is 0 Å². The van der Waals surface area contributed by atoms with Crippen LogP contribution in [0.4, 0.5) is 9.59 Å². The first-order chi connectivity index (χ1) is 18.6. The van der Waals surface area contributed by atoms with Gasteiger partial charge in [-0.25, -0.2) is 9.59 Å². The molecule has 5 heterocycles. The maximum Gasteiger partial charge on any atom is 0.417 e. The molecule has 0 bridgehead atoms. The molecular formula is C27H23N3O4S4. The molecule has 0 fully saturated rings. The van der Waals surface area contributed by atoms with Gasteiger partial charge < -0.3 is 9.47 Å². The van der Waals surface area contributed by atoms with Crippen LogP contribution in [0, 0.1) is 0 Å². The van der Waals surface area contributed by atoms with Crippen LogP contribution >= 0.6 is 45.3 Å². The molecule has 11 heteroatoms. The summed E-state index contributed by atoms with van der Waals surface area (Å²) >= 11 is 6.32. The Bertz CT molecular complexity index is 1240. The minimum Gasteiger partial charge on any atom is -0.391 e. The van der Waals surface area contributed by atoms with Gasteiger partial charge in [-0.05, 0) is 45.8 Å². The van der Waals surface area contributed by atoms with E-state index in [1.807, 2.05) is 70.1 Å². The zero-order chi connectivity index (χ0) is 26.2. The van der Waals surface area contributed by atoms with Crippen molar-refractivity contribution in [1.29, 1.82) is 0 Å². The van der Waals surface area contributed by atoms with E-state index in [2.05, 4.69) is 4.98 Å². The third-order valence-electron chi connectivity index (χ3n) is 5.31. The molecule has 0 aromatic carbocycles. The molecule has 5 aromatic heterocycles. The number of hydrogen-bond acceptors (Lipinski definition) is 9. The van der Waals surface area contributed by atoms with Crippen LogP contribution in [0.1, 0.15) is 19.5 Å². The fourth-order valence-electron chi connectivity index (χ4n) is 3.55. The van der Waals surface area contributed by atoms with Gasteiger partial charge in [0, 0.05) is 31.6 Å². The first-order valence-corrected chi connectivity index (χ1v) is 15.1. The van der Waals surface area contributed by atoms with E-state index >= 15 is 0 Å². The number of carbonyl (C=O) groups is 2. The molecule has 0 N–H and O–H groups in total. The Kier molecular flexibility index (Phi) is 8.82. The SMILES string of the molecule is O=C(Oc1cccc(OC(=O)N(Cc2cccs2)Cc2cccs2)n1)N(Cc1cccs1)Cc1cccs1. The number of hydrogen-bond donors (Lipinski definition) is 0. The van der Waals surface area contributed by atoms with Gasteiger partial charge in [-0.2, -0.15) is 4.98 Å². The largest absolute Gasteiger partial charge is 0.417 e. The average molecular weight is 582 g/mol. The highest BCUT2D eigenvalue weighted by Crippen LogP contribution is 2.22. The third kappa shape index (κ3) is 7.29. The van der Waals surface area contributed by atoms with Crippen molar-refractivity contribution in [1.82, 2.24) is 14.8 Å². The van der Waals surface area contributed by atoms with E-state index in [0.29, 0.717) is 26.2 Å². The third-order valence-corrected chi connectivity index (χ3v) is 8.75. The second-order valence-electron chi connectivity index (χ2n) is 8.08. The summed E-state index contributed by atoms with van der Waals surface area (Å²) in [5, 5.41) is 7.90. The lowest BCUT2D eigenvalue weighted by atomic mass is 10.4. The molecule has 194 valence electrons. The predicted molar refractivity (Wildman–Crippen MR) is 152 cm³/mol. The Morgan fingerprint density at radius 1 is 0.553 bits per heavy atom. The topological polar surface area (TPSA) is 72.0 Å². The van der Waals surface area contributed by atoms with Crippen LogP contribution in [0.15, 0.2) is 88.3 Å². The number of carbonyl (C=O) groups excluding carboxylic acids is 2. The monoisotopic (exact) mass is 581 g/mol. The molecule has 38 heavy (non-hydrogen) atoms. The molecule has 0 aliphatic carbocycles. The highest BCUT2D eigenvalue weighted by Gasteiger charge is 2.21. The van der Waals surface area contributed by atoms with Crippen molar-refractivity contribution in [2.45, 2.75) is 26.2 Å². The summed E-state index contributed by atoms with van der Waals surface area (Å²) in [7, 11) is 0. The zero-order valence-corrected chi connectivity index (χ0v) is 23.4. The van der Waals surface area contributed by atoms with Crippen molar-refractivity contribution < 1.29 is 19.1 Å². The highest BCUT2D eigenvalue weighted by atomic mass is 32.1. The van der Waals surface area contributed by atoms with Crippen molar-refractivity contribution in [3.05, 3.63) is 108 Å². The van der Waals surface area contributed by atoms with Gasteiger partial charge >= 0.3 is 12.2 Å². The number of nitrogens with zero attached hydrogens (tertiary/aromatic N) is 3. The summed E-state index contributed by atoms with van der Waals surface area (Å²) < 4.78 is 11.2. The van der Waals surface area contributed by atoms with E-state index in [1.54, 1.807) is 73.3 Å². The van der Waals surface area contributed by atoms with Crippen LogP contribution in [-0.2, 0) is 26.2 Å². The smallest absolute Gasteiger partial charge is 0.391 e. The second kappa shape index (κ2) is 12.8. The minimum atomic E-state index is -0.528. The van der Waals surface area contributed by atoms with Gasteiger partial charge in [0.15, 0.2) is 0 Å². The molecule has 0 unspecified atom stereocenters. The maximum absolute atomic E-state index is 13.1. The lowest BCUT2D eigenvalue weighted by Crippen LogP contribution is -2.33. The summed E-state index contributed by atoms with van der Waals surface area (Å²) in [6.07, 6.45) is -1.06. The highest BCUT2D eigenvalue weighted by molar-refractivity contribution is 7.10. The van der Waals surface area contributed by atoms with E-state index in [1.165, 1.54) is 0 Å². The summed E-state index contributed by atoms with van der Waals surface area (Å²) in [4.78, 5) is 38.0. The van der Waals surface area contributed by atoms with E-state index in [-0.39, 0.29) is 11.8 Å². The quantitative estimate of drug-likeness (QED) is 0.169. The van der Waals surface area contributed by atoms with Gasteiger partial charge in [0.1, 0.15) is 0 Å². The average Bonchev–Trinajstić information content (AvgIpc) is 3.73. The molecule has 0 spiro atoms. The van der Waals surface area contributed by atoms with E-state index in [9.17, 15) is 9.59 Å². The molecule has 0 aliphatic heterocycles. The number of amides is 2. The van der Waals surface area contributed by atoms with Crippen LogP contribution in [0.25, 0.3) is 0 Å². The molecule has 5 aromatic rings. The Morgan fingerprint density at radius 2 is 0.895 bits per heavy atom. The lowest BCUT2D eigenvalue weighted by Gasteiger charge is -2.21. The minimum absolute atomic E-state index is 0.0609. The Morgan fingerprint density at radius 3 is 1.18 bits per heavy atom. The standard InChI is InChI=1S/C27H23N3O4S4/c31-26(29(16-20-6-2-12-35-20)17-21-7-3-13-36-21)33-24-10-1-11-25(28-24)34-27(32)30(18-22-8-4-14-37-22)19-23-9-5-15-38-23/h1-15H,16-19H2. The zero-order valence-electron chi connectivity index (χ0n) is 20.1. The summed E-state index contributed by atoms with van der Waals surface area (Å²) in [6, 6.07) is 20.5. The molecule has 5 rings (SSSR count). The lowest BCUT2D eigenvalue weighted by molar-refractivity contribution is 0.142. The normalized spacial score (nSPS) is 10.7. The van der Waals surface area contributed by atoms with Crippen molar-refractivity contribution in [2.75, 3.05) is 0 Å². The van der Waals surface area contributed by atoms with Crippen LogP contribution in [0.3, 0.4) is 0 Å². The first-order valence-electron chi connectivity index (χ1n) is 11.6. The van der Waals surface area contributed by atoms with Gasteiger partial charge in [0.05, 0.1) is 26.2 Å². The van der Waals surface area contributed by atoms with Crippen LogP contribution in [0.2, 0.25) is 0 Å². The number of thiophene rings is 4. The number of ether oxygens (including phenoxy) is 2. The molecule has 7 nitrogen and oxygen atoms in total. The molecule has 0 atom stereocenters. The molecule has 0 saturated carbocycles. The Labute approximate surface area is 236 Å². The van der Waals surface area contributed by atoms with Gasteiger partial charge in [-0.15, -0.1) is 45.3 Å². The van der Waals surface area contributed by atoms with E-state index < -0.39 is 12.2 Å². The maximum atomic E-state index is 13.1. The summed E-state index contributed by atoms with van der Waals surface area (Å²) in [5.41, 5.74) is 0. The predicted octanol–water partition coefficient (Wildman–Crippen LogP) is 7.73. The fraction of sp³-hybridized carbons (Fsp3) is 0.148. The molecule has 2 amide bonds. The summed E-state index contributed by atoms with van der Waals surface area (Å²) in [5.74, 6) is 0.122. The van der Waals surface area contributed by atoms with Gasteiger partial charge in [-0.1, -0.05) is 30.3 Å². The molecule has 0 saturated heterocycles. The van der Waals surface area contributed by atoms with E-state index in [0.717, 1.165) is 19.5 Å². The number of rotatable bonds is 10. The van der Waals surface area contributed by atoms with Crippen molar-refractivity contribution in [2.24, 2.45) is 0 Å². The Hall–Kier alpha value is -3.51. The van der Waals surface area contributed by atoms with Crippen LogP contribution < -0.4 is 9.47 Å². The second-order valence-corrected chi connectivity index (χ2v) is 12.2. The van der Waals surface area contributed by atoms with Gasteiger partial charge in [-0.3, -0.25) is 9.80 Å². The number of pyridine rings is 1. The number of aromatic nitrogens is 1. The van der Waals surface area contributed by atoms with Crippen LogP contribution in [0.5, 0.6) is 11.8 Å². The molecule has 0 aliphatic rings. The van der Waals surface area contributed by atoms with Crippen molar-refractivity contribution >= 4 is 57.5 Å². The first kappa shape index (κ1) is 26.1. The Balaban J connectivity index is 1.26. The van der Waals surface area contributed by atoms with Gasteiger partial charge in [0.25, 0.3) is 0 Å². The van der Waals surface area contributed by atoms with Crippen molar-refractivity contribution in [3.8, 4) is 11.8 Å². The summed E-state index contributed by atoms with van der Waals surface area (Å²) in [6.45, 7) is 1.68.